The van der Waals surface area contributed by atoms with E-state index in [1.165, 1.54) is 0 Å². The fraction of sp³-hybridized carbons (Fsp3) is 0.455. The first-order valence-electron chi connectivity index (χ1n) is 18.6. The van der Waals surface area contributed by atoms with Crippen molar-refractivity contribution < 1.29 is 18.9 Å². The van der Waals surface area contributed by atoms with Crippen LogP contribution < -0.4 is 18.9 Å². The van der Waals surface area contributed by atoms with Crippen LogP contribution in [-0.2, 0) is 25.7 Å². The summed E-state index contributed by atoms with van der Waals surface area (Å²) in [4.78, 5) is 8.64. The molecule has 0 aliphatic heterocycles. The molecule has 0 spiro atoms. The first-order valence-corrected chi connectivity index (χ1v) is 18.6. The Morgan fingerprint density at radius 1 is 0.327 bits per heavy atom. The van der Waals surface area contributed by atoms with Crippen molar-refractivity contribution in [2.45, 2.75) is 25.7 Å². The maximum atomic E-state index is 6.72. The minimum atomic E-state index is 0.598. The predicted molar refractivity (Wildman–Crippen MR) is 213 cm³/mol. The summed E-state index contributed by atoms with van der Waals surface area (Å²) in [5, 5.41) is 0. The molecule has 0 N–H and O–H groups in total. The number of hydrogen-bond acceptors (Lipinski definition) is 8. The third-order valence-electron chi connectivity index (χ3n) is 9.38. The number of rotatable bonds is 16. The second kappa shape index (κ2) is 19.1. The smallest absolute Gasteiger partial charge is 0.126 e. The Morgan fingerprint density at radius 2 is 0.500 bits per heavy atom. The van der Waals surface area contributed by atoms with Crippen molar-refractivity contribution in [3.63, 3.8) is 0 Å². The topological polar surface area (TPSA) is 49.9 Å². The zero-order valence-corrected chi connectivity index (χ0v) is 32.8. The number of ether oxygens (including phenoxy) is 4. The molecule has 0 fully saturated rings. The molecule has 5 rings (SSSR count). The third kappa shape index (κ3) is 11.0. The van der Waals surface area contributed by atoms with Crippen LogP contribution in [0.15, 0.2) is 72.8 Å². The van der Waals surface area contributed by atoms with E-state index in [0.717, 1.165) is 93.7 Å². The second-order valence-electron chi connectivity index (χ2n) is 14.9. The minimum absolute atomic E-state index is 0.598. The lowest BCUT2D eigenvalue weighted by atomic mass is 9.91. The van der Waals surface area contributed by atoms with Crippen LogP contribution in [0.5, 0.6) is 23.0 Å². The molecule has 0 atom stereocenters. The number of benzene rings is 4. The molecule has 0 heterocycles. The number of nitrogens with zero attached hydrogens (tertiary/aromatic N) is 4. The van der Waals surface area contributed by atoms with Crippen LogP contribution in [0.3, 0.4) is 0 Å². The van der Waals surface area contributed by atoms with Gasteiger partial charge in [0.2, 0.25) is 0 Å². The summed E-state index contributed by atoms with van der Waals surface area (Å²) in [5.41, 5.74) is 9.21. The van der Waals surface area contributed by atoms with Gasteiger partial charge in [-0.05, 0) is 101 Å². The fourth-order valence-electron chi connectivity index (χ4n) is 6.55. The lowest BCUT2D eigenvalue weighted by Gasteiger charge is -2.23. The average molecular weight is 709 g/mol. The van der Waals surface area contributed by atoms with Gasteiger partial charge in [-0.25, -0.2) is 0 Å². The Morgan fingerprint density at radius 3 is 0.654 bits per heavy atom. The highest BCUT2D eigenvalue weighted by Crippen LogP contribution is 2.39. The van der Waals surface area contributed by atoms with Gasteiger partial charge in [0.05, 0.1) is 0 Å². The van der Waals surface area contributed by atoms with Gasteiger partial charge in [0.15, 0.2) is 0 Å². The molecule has 0 saturated heterocycles. The molecule has 0 unspecified atom stereocenters. The maximum absolute atomic E-state index is 6.72. The van der Waals surface area contributed by atoms with E-state index < -0.39 is 0 Å². The summed E-state index contributed by atoms with van der Waals surface area (Å²) in [6.45, 7) is 5.70. The molecule has 280 valence electrons. The minimum Gasteiger partial charge on any atom is -0.492 e. The highest BCUT2D eigenvalue weighted by molar-refractivity contribution is 5.56. The Balaban J connectivity index is 1.70. The third-order valence-corrected chi connectivity index (χ3v) is 9.38. The van der Waals surface area contributed by atoms with Crippen molar-refractivity contribution in [1.82, 2.24) is 19.6 Å². The quantitative estimate of drug-likeness (QED) is 0.122. The first-order chi connectivity index (χ1) is 25.1. The van der Waals surface area contributed by atoms with E-state index in [0.29, 0.717) is 52.1 Å². The summed E-state index contributed by atoms with van der Waals surface area (Å²) in [5.74, 6) is 3.81. The van der Waals surface area contributed by atoms with Gasteiger partial charge >= 0.3 is 0 Å². The number of hydrogen-bond donors (Lipinski definition) is 0. The monoisotopic (exact) mass is 708 g/mol. The maximum Gasteiger partial charge on any atom is 0.126 e. The molecule has 4 aromatic carbocycles. The van der Waals surface area contributed by atoms with E-state index in [-0.39, 0.29) is 0 Å². The van der Waals surface area contributed by atoms with E-state index in [4.69, 9.17) is 18.9 Å². The molecular formula is C44H60N4O4. The first kappa shape index (κ1) is 39.1. The zero-order valence-electron chi connectivity index (χ0n) is 32.8. The van der Waals surface area contributed by atoms with Crippen molar-refractivity contribution in [3.05, 3.63) is 117 Å². The summed E-state index contributed by atoms with van der Waals surface area (Å²) in [6.07, 6.45) is 2.76. The normalized spacial score (nSPS) is 12.8. The van der Waals surface area contributed by atoms with Crippen molar-refractivity contribution in [3.8, 4) is 23.0 Å². The van der Waals surface area contributed by atoms with Crippen LogP contribution in [0.2, 0.25) is 0 Å². The van der Waals surface area contributed by atoms with Gasteiger partial charge < -0.3 is 38.5 Å². The molecule has 1 aliphatic carbocycles. The lowest BCUT2D eigenvalue weighted by molar-refractivity contribution is 0.254. The molecular weight excluding hydrogens is 649 g/mol. The largest absolute Gasteiger partial charge is 0.492 e. The zero-order chi connectivity index (χ0) is 37.0. The molecule has 4 aromatic rings. The molecule has 0 radical (unpaired) electrons. The molecule has 0 saturated carbocycles. The second-order valence-corrected chi connectivity index (χ2v) is 14.9. The van der Waals surface area contributed by atoms with Crippen LogP contribution >= 0.6 is 0 Å². The molecule has 0 amide bonds. The Bertz CT molecular complexity index is 1400. The molecule has 8 nitrogen and oxygen atoms in total. The highest BCUT2D eigenvalue weighted by atomic mass is 16.5. The van der Waals surface area contributed by atoms with Crippen LogP contribution in [-0.4, -0.2) is 129 Å². The fourth-order valence-corrected chi connectivity index (χ4v) is 6.55. The van der Waals surface area contributed by atoms with Crippen molar-refractivity contribution >= 4 is 0 Å². The van der Waals surface area contributed by atoms with Crippen LogP contribution in [0.1, 0.15) is 44.5 Å². The van der Waals surface area contributed by atoms with Gasteiger partial charge in [-0.2, -0.15) is 0 Å². The van der Waals surface area contributed by atoms with Gasteiger partial charge in [-0.15, -0.1) is 0 Å². The van der Waals surface area contributed by atoms with Gasteiger partial charge in [0.1, 0.15) is 49.4 Å². The Hall–Kier alpha value is -4.08. The van der Waals surface area contributed by atoms with Crippen molar-refractivity contribution in [2.75, 3.05) is 109 Å². The SMILES string of the molecule is CN(C)CCOc1c2cccc1Cc1cccc(c1OCCN(C)C)Cc1cccc(c1OCCN(C)C)Cc1cccc(c1OCCN(C)C)C2. The summed E-state index contributed by atoms with van der Waals surface area (Å²) >= 11 is 0. The van der Waals surface area contributed by atoms with E-state index in [9.17, 15) is 0 Å². The lowest BCUT2D eigenvalue weighted by Crippen LogP contribution is -2.21. The summed E-state index contributed by atoms with van der Waals surface area (Å²) in [6, 6.07) is 26.3. The molecule has 52 heavy (non-hydrogen) atoms. The number of likely N-dealkylation sites (N-methyl/N-ethyl adjacent to an activating group) is 4. The summed E-state index contributed by atoms with van der Waals surface area (Å²) in [7, 11) is 16.7. The van der Waals surface area contributed by atoms with E-state index >= 15 is 0 Å². The highest BCUT2D eigenvalue weighted by Gasteiger charge is 2.22. The van der Waals surface area contributed by atoms with Gasteiger partial charge in [0, 0.05) is 51.9 Å². The molecule has 8 bridgehead atoms. The average Bonchev–Trinajstić information content (AvgIpc) is 3.08. The van der Waals surface area contributed by atoms with E-state index in [1.54, 1.807) is 0 Å². The number of para-hydroxylation sites is 4. The Kier molecular flexibility index (Phi) is 14.4. The van der Waals surface area contributed by atoms with Crippen molar-refractivity contribution in [1.29, 1.82) is 0 Å². The van der Waals surface area contributed by atoms with Crippen LogP contribution in [0, 0.1) is 0 Å². The predicted octanol–water partition coefficient (Wildman–Crippen LogP) is 6.12. The molecule has 1 aliphatic rings. The van der Waals surface area contributed by atoms with Gasteiger partial charge in [-0.1, -0.05) is 72.8 Å². The van der Waals surface area contributed by atoms with Gasteiger partial charge in [-0.3, -0.25) is 0 Å². The number of fused-ring (bicyclic) bond motifs is 8. The van der Waals surface area contributed by atoms with Gasteiger partial charge in [0.25, 0.3) is 0 Å². The molecule has 8 heteroatoms. The summed E-state index contributed by atoms with van der Waals surface area (Å²) < 4.78 is 26.9. The van der Waals surface area contributed by atoms with E-state index in [1.807, 2.05) is 0 Å². The van der Waals surface area contributed by atoms with Crippen LogP contribution in [0.4, 0.5) is 0 Å². The van der Waals surface area contributed by atoms with Crippen molar-refractivity contribution in [2.24, 2.45) is 0 Å². The molecule has 0 aromatic heterocycles. The standard InChI is InChI=1S/C44H60N4O4/c1-45(2)21-25-49-41-33-13-9-14-34(41)30-36-16-11-18-38(43(36)51-27-23-47(5)6)32-40-20-12-19-39(44(40)52-28-24-48(7)8)31-37-17-10-15-35(29-33)42(37)50-26-22-46(3)4/h9-20H,21-32H2,1-8H3. The van der Waals surface area contributed by atoms with Crippen LogP contribution in [0.25, 0.3) is 0 Å². The van der Waals surface area contributed by atoms with E-state index in [2.05, 4.69) is 149 Å². The Labute approximate surface area is 312 Å².